The van der Waals surface area contributed by atoms with Crippen molar-refractivity contribution >= 4 is 17.9 Å². The minimum Gasteiger partial charge on any atom is -0.462 e. The van der Waals surface area contributed by atoms with E-state index >= 15 is 0 Å². The minimum atomic E-state index is -0.804. The Balaban J connectivity index is 4.30. The zero-order chi connectivity index (χ0) is 47.9. The van der Waals surface area contributed by atoms with Crippen LogP contribution in [0, 0.1) is 0 Å². The Bertz CT molecular complexity index is 1290. The highest BCUT2D eigenvalue weighted by molar-refractivity contribution is 5.71. The van der Waals surface area contributed by atoms with E-state index in [1.807, 2.05) is 0 Å². The molecule has 0 aliphatic heterocycles. The second-order valence-electron chi connectivity index (χ2n) is 18.1. The Morgan fingerprint density at radius 1 is 0.318 bits per heavy atom. The first kappa shape index (κ1) is 62.6. The van der Waals surface area contributed by atoms with Crippen LogP contribution in [0.2, 0.25) is 0 Å². The van der Waals surface area contributed by atoms with Crippen molar-refractivity contribution in [3.8, 4) is 0 Å². The lowest BCUT2D eigenvalue weighted by molar-refractivity contribution is -0.167. The van der Waals surface area contributed by atoms with Crippen LogP contribution < -0.4 is 0 Å². The fourth-order valence-corrected chi connectivity index (χ4v) is 7.51. The maximum atomic E-state index is 12.8. The predicted octanol–water partition coefficient (Wildman–Crippen LogP) is 18.4. The topological polar surface area (TPSA) is 78.9 Å². The molecule has 66 heavy (non-hydrogen) atoms. The van der Waals surface area contributed by atoms with Gasteiger partial charge in [0, 0.05) is 19.3 Å². The largest absolute Gasteiger partial charge is 0.462 e. The summed E-state index contributed by atoms with van der Waals surface area (Å²) in [6.45, 7) is 6.44. The van der Waals surface area contributed by atoms with E-state index in [-0.39, 0.29) is 37.5 Å². The summed E-state index contributed by atoms with van der Waals surface area (Å²) < 4.78 is 16.7. The fraction of sp³-hybridized carbons (Fsp3) is 0.717. The van der Waals surface area contributed by atoms with Gasteiger partial charge in [0.05, 0.1) is 0 Å². The minimum absolute atomic E-state index is 0.0988. The molecule has 0 aromatic carbocycles. The standard InChI is InChI=1S/C60H102O6/c1-4-7-10-13-16-19-21-23-25-27-28-29-30-31-32-34-35-37-39-41-44-47-50-53-59(62)65-56-57(55-64-58(61)52-49-46-43-18-15-12-9-6-3)66-60(63)54-51-48-45-42-40-38-36-33-26-24-22-20-17-14-11-8-5-2/h8,11,17,20-21,23-24,26-28,36,38,42,45,57H,4-7,9-10,12-16,18-19,22,25,29-35,37,39-41,43-44,46-56H2,1-3H3/b11-8-,20-17-,23-21-,26-24-,28-27-,38-36-,45-42-. The van der Waals surface area contributed by atoms with E-state index in [9.17, 15) is 14.4 Å². The van der Waals surface area contributed by atoms with Crippen molar-refractivity contribution in [1.29, 1.82) is 0 Å². The average Bonchev–Trinajstić information content (AvgIpc) is 3.31. The third-order valence-corrected chi connectivity index (χ3v) is 11.6. The molecule has 0 bridgehead atoms. The molecule has 1 atom stereocenters. The van der Waals surface area contributed by atoms with Gasteiger partial charge in [0.15, 0.2) is 6.10 Å². The molecule has 0 radical (unpaired) electrons. The third-order valence-electron chi connectivity index (χ3n) is 11.6. The van der Waals surface area contributed by atoms with Gasteiger partial charge in [-0.3, -0.25) is 14.4 Å². The summed E-state index contributed by atoms with van der Waals surface area (Å²) in [6.07, 6.45) is 70.2. The van der Waals surface area contributed by atoms with Crippen LogP contribution in [0.4, 0.5) is 0 Å². The van der Waals surface area contributed by atoms with E-state index in [1.165, 1.54) is 128 Å². The molecule has 0 spiro atoms. The summed E-state index contributed by atoms with van der Waals surface area (Å²) in [7, 11) is 0. The van der Waals surface area contributed by atoms with E-state index in [4.69, 9.17) is 14.2 Å². The average molecular weight is 919 g/mol. The smallest absolute Gasteiger partial charge is 0.306 e. The number of carbonyl (C=O) groups is 3. The first-order valence-corrected chi connectivity index (χ1v) is 27.6. The molecule has 0 saturated carbocycles. The Kier molecular flexibility index (Phi) is 51.4. The maximum Gasteiger partial charge on any atom is 0.306 e. The van der Waals surface area contributed by atoms with Gasteiger partial charge in [-0.05, 0) is 89.9 Å². The molecule has 0 fully saturated rings. The summed E-state index contributed by atoms with van der Waals surface area (Å²) in [6, 6.07) is 0. The second-order valence-corrected chi connectivity index (χ2v) is 18.1. The van der Waals surface area contributed by atoms with Crippen LogP contribution in [-0.2, 0) is 28.6 Å². The molecule has 0 N–H and O–H groups in total. The molecule has 6 heteroatoms. The van der Waals surface area contributed by atoms with Gasteiger partial charge in [-0.1, -0.05) is 234 Å². The Morgan fingerprint density at radius 3 is 0.970 bits per heavy atom. The third kappa shape index (κ3) is 51.6. The maximum absolute atomic E-state index is 12.8. The lowest BCUT2D eigenvalue weighted by Crippen LogP contribution is -2.30. The first-order valence-electron chi connectivity index (χ1n) is 27.6. The van der Waals surface area contributed by atoms with Gasteiger partial charge in [0.25, 0.3) is 0 Å². The van der Waals surface area contributed by atoms with E-state index < -0.39 is 6.10 Å². The van der Waals surface area contributed by atoms with Crippen molar-refractivity contribution in [2.45, 2.75) is 264 Å². The van der Waals surface area contributed by atoms with Crippen LogP contribution in [0.1, 0.15) is 258 Å². The van der Waals surface area contributed by atoms with Crippen LogP contribution in [0.25, 0.3) is 0 Å². The number of rotatable bonds is 49. The van der Waals surface area contributed by atoms with Gasteiger partial charge in [0.1, 0.15) is 13.2 Å². The zero-order valence-electron chi connectivity index (χ0n) is 43.2. The molecule has 6 nitrogen and oxygen atoms in total. The molecule has 0 rings (SSSR count). The lowest BCUT2D eigenvalue weighted by atomic mass is 10.0. The molecule has 0 heterocycles. The summed E-state index contributed by atoms with van der Waals surface area (Å²) in [4.78, 5) is 37.9. The fourth-order valence-electron chi connectivity index (χ4n) is 7.51. The zero-order valence-corrected chi connectivity index (χ0v) is 43.2. The van der Waals surface area contributed by atoms with Gasteiger partial charge >= 0.3 is 17.9 Å². The molecule has 0 aromatic rings. The molecule has 0 aromatic heterocycles. The normalized spacial score (nSPS) is 12.7. The van der Waals surface area contributed by atoms with E-state index in [0.717, 1.165) is 83.5 Å². The molecule has 1 unspecified atom stereocenters. The summed E-state index contributed by atoms with van der Waals surface area (Å²) in [5, 5.41) is 0. The number of ether oxygens (including phenoxy) is 3. The Morgan fingerprint density at radius 2 is 0.606 bits per heavy atom. The van der Waals surface area contributed by atoms with Crippen molar-refractivity contribution in [1.82, 2.24) is 0 Å². The van der Waals surface area contributed by atoms with Crippen molar-refractivity contribution in [2.75, 3.05) is 13.2 Å². The first-order chi connectivity index (χ1) is 32.5. The van der Waals surface area contributed by atoms with Crippen LogP contribution in [0.5, 0.6) is 0 Å². The Hall–Kier alpha value is -3.41. The lowest BCUT2D eigenvalue weighted by Gasteiger charge is -2.18. The van der Waals surface area contributed by atoms with Gasteiger partial charge in [0.2, 0.25) is 0 Å². The molecule has 0 saturated heterocycles. The summed E-state index contributed by atoms with van der Waals surface area (Å²) in [5.74, 6) is -0.962. The van der Waals surface area contributed by atoms with E-state index in [0.29, 0.717) is 19.3 Å². The highest BCUT2D eigenvalue weighted by Crippen LogP contribution is 2.15. The molecule has 0 aliphatic rings. The van der Waals surface area contributed by atoms with Crippen LogP contribution in [0.3, 0.4) is 0 Å². The summed E-state index contributed by atoms with van der Waals surface area (Å²) >= 11 is 0. The molecule has 378 valence electrons. The van der Waals surface area contributed by atoms with Crippen LogP contribution in [0.15, 0.2) is 85.1 Å². The van der Waals surface area contributed by atoms with Gasteiger partial charge in [-0.25, -0.2) is 0 Å². The van der Waals surface area contributed by atoms with Gasteiger partial charge in [-0.15, -0.1) is 0 Å². The highest BCUT2D eigenvalue weighted by Gasteiger charge is 2.19. The van der Waals surface area contributed by atoms with E-state index in [1.54, 1.807) is 0 Å². The number of hydrogen-bond acceptors (Lipinski definition) is 6. The van der Waals surface area contributed by atoms with Gasteiger partial charge < -0.3 is 14.2 Å². The number of hydrogen-bond donors (Lipinski definition) is 0. The quantitative estimate of drug-likeness (QED) is 0.0262. The SMILES string of the molecule is CC/C=C\C/C=C\C/C=C\C/C=C\C/C=C\CCCC(=O)OC(COC(=O)CCCCCCCCCC)COC(=O)CCCCCCCCCCCCC/C=C\C/C=C\CCCCCCC. The monoisotopic (exact) mass is 919 g/mol. The number of esters is 3. The van der Waals surface area contributed by atoms with Crippen LogP contribution in [-0.4, -0.2) is 37.2 Å². The van der Waals surface area contributed by atoms with E-state index in [2.05, 4.69) is 106 Å². The molecular formula is C60H102O6. The summed E-state index contributed by atoms with van der Waals surface area (Å²) in [5.41, 5.74) is 0. The van der Waals surface area contributed by atoms with Crippen molar-refractivity contribution in [3.63, 3.8) is 0 Å². The predicted molar refractivity (Wildman–Crippen MR) is 284 cm³/mol. The highest BCUT2D eigenvalue weighted by atomic mass is 16.6. The van der Waals surface area contributed by atoms with Crippen LogP contribution >= 0.6 is 0 Å². The number of allylic oxidation sites excluding steroid dienone is 14. The molecule has 0 aliphatic carbocycles. The van der Waals surface area contributed by atoms with Crippen molar-refractivity contribution in [2.24, 2.45) is 0 Å². The number of carbonyl (C=O) groups excluding carboxylic acids is 3. The van der Waals surface area contributed by atoms with Gasteiger partial charge in [-0.2, -0.15) is 0 Å². The Labute approximate surface area is 407 Å². The van der Waals surface area contributed by atoms with Crippen molar-refractivity contribution in [3.05, 3.63) is 85.1 Å². The molecular weight excluding hydrogens is 817 g/mol. The second kappa shape index (κ2) is 54.2. The number of unbranched alkanes of at least 4 members (excludes halogenated alkanes) is 24. The molecule has 0 amide bonds. The van der Waals surface area contributed by atoms with Crippen molar-refractivity contribution < 1.29 is 28.6 Å².